The highest BCUT2D eigenvalue weighted by Gasteiger charge is 2.23. The average molecular weight is 250 g/mol. The molecule has 1 aromatic rings. The van der Waals surface area contributed by atoms with Gasteiger partial charge in [-0.2, -0.15) is 5.10 Å². The molecular weight excluding hydrogens is 224 g/mol. The van der Waals surface area contributed by atoms with E-state index in [0.717, 1.165) is 12.5 Å². The van der Waals surface area contributed by atoms with E-state index in [1.165, 1.54) is 44.6 Å². The van der Waals surface area contributed by atoms with Crippen molar-refractivity contribution in [2.75, 3.05) is 19.6 Å². The molecule has 0 aliphatic carbocycles. The van der Waals surface area contributed by atoms with Gasteiger partial charge in [0, 0.05) is 24.5 Å². The van der Waals surface area contributed by atoms with Crippen molar-refractivity contribution in [3.63, 3.8) is 0 Å². The summed E-state index contributed by atoms with van der Waals surface area (Å²) in [4.78, 5) is 2.60. The normalized spacial score (nSPS) is 20.1. The number of rotatable bonds is 6. The lowest BCUT2D eigenvalue weighted by Crippen LogP contribution is -2.42. The minimum Gasteiger partial charge on any atom is -0.308 e. The molecule has 2 rings (SSSR count). The minimum atomic E-state index is 0.595. The smallest absolute Gasteiger partial charge is 0.0490 e. The SMILES string of the molecule is CCCN1CCC(C(C)NCc2ccn[nH]2)CC1. The van der Waals surface area contributed by atoms with Crippen molar-refractivity contribution in [3.05, 3.63) is 18.0 Å². The van der Waals surface area contributed by atoms with Crippen LogP contribution >= 0.6 is 0 Å². The van der Waals surface area contributed by atoms with Crippen LogP contribution in [0, 0.1) is 5.92 Å². The van der Waals surface area contributed by atoms with Gasteiger partial charge >= 0.3 is 0 Å². The van der Waals surface area contributed by atoms with E-state index in [1.54, 1.807) is 0 Å². The first-order valence-corrected chi connectivity index (χ1v) is 7.23. The summed E-state index contributed by atoms with van der Waals surface area (Å²) in [7, 11) is 0. The number of aromatic nitrogens is 2. The van der Waals surface area contributed by atoms with Crippen LogP contribution in [0.5, 0.6) is 0 Å². The topological polar surface area (TPSA) is 44.0 Å². The van der Waals surface area contributed by atoms with Crippen molar-refractivity contribution < 1.29 is 0 Å². The predicted molar refractivity (Wildman–Crippen MR) is 74.3 cm³/mol. The first-order chi connectivity index (χ1) is 8.79. The highest BCUT2D eigenvalue weighted by molar-refractivity contribution is 4.97. The summed E-state index contributed by atoms with van der Waals surface area (Å²) in [6.07, 6.45) is 5.75. The Morgan fingerprint density at radius 1 is 1.50 bits per heavy atom. The number of nitrogens with zero attached hydrogens (tertiary/aromatic N) is 2. The molecule has 18 heavy (non-hydrogen) atoms. The van der Waals surface area contributed by atoms with Crippen LogP contribution in [0.1, 0.15) is 38.8 Å². The Morgan fingerprint density at radius 2 is 2.28 bits per heavy atom. The van der Waals surface area contributed by atoms with Crippen LogP contribution in [0.15, 0.2) is 12.3 Å². The van der Waals surface area contributed by atoms with Gasteiger partial charge in [0.1, 0.15) is 0 Å². The molecule has 2 heterocycles. The second kappa shape index (κ2) is 6.90. The maximum atomic E-state index is 3.97. The molecule has 0 aromatic carbocycles. The third-order valence-electron chi connectivity index (χ3n) is 4.05. The lowest BCUT2D eigenvalue weighted by molar-refractivity contribution is 0.162. The van der Waals surface area contributed by atoms with E-state index in [1.807, 2.05) is 12.3 Å². The molecule has 4 heteroatoms. The molecule has 0 saturated carbocycles. The molecule has 1 fully saturated rings. The van der Waals surface area contributed by atoms with Gasteiger partial charge in [-0.1, -0.05) is 6.92 Å². The van der Waals surface area contributed by atoms with Gasteiger partial charge in [-0.3, -0.25) is 5.10 Å². The van der Waals surface area contributed by atoms with E-state index >= 15 is 0 Å². The van der Waals surface area contributed by atoms with Crippen LogP contribution < -0.4 is 5.32 Å². The molecule has 1 aliphatic rings. The van der Waals surface area contributed by atoms with E-state index in [4.69, 9.17) is 0 Å². The molecule has 0 bridgehead atoms. The molecule has 1 aromatic heterocycles. The third-order valence-corrected chi connectivity index (χ3v) is 4.05. The van der Waals surface area contributed by atoms with Gasteiger partial charge < -0.3 is 10.2 Å². The quantitative estimate of drug-likeness (QED) is 0.812. The van der Waals surface area contributed by atoms with Crippen molar-refractivity contribution in [1.82, 2.24) is 20.4 Å². The van der Waals surface area contributed by atoms with Crippen LogP contribution in [0.4, 0.5) is 0 Å². The maximum absolute atomic E-state index is 3.97. The largest absolute Gasteiger partial charge is 0.308 e. The number of H-pyrrole nitrogens is 1. The summed E-state index contributed by atoms with van der Waals surface area (Å²) >= 11 is 0. The highest BCUT2D eigenvalue weighted by atomic mass is 15.1. The van der Waals surface area contributed by atoms with Gasteiger partial charge in [0.05, 0.1) is 0 Å². The number of piperidine rings is 1. The fraction of sp³-hybridized carbons (Fsp3) is 0.786. The van der Waals surface area contributed by atoms with E-state index in [2.05, 4.69) is 34.3 Å². The van der Waals surface area contributed by atoms with E-state index in [9.17, 15) is 0 Å². The zero-order chi connectivity index (χ0) is 12.8. The number of hydrogen-bond acceptors (Lipinski definition) is 3. The predicted octanol–water partition coefficient (Wildman–Crippen LogP) is 2.01. The third kappa shape index (κ3) is 3.82. The van der Waals surface area contributed by atoms with Gasteiger partial charge in [0.2, 0.25) is 0 Å². The Labute approximate surface area is 110 Å². The van der Waals surface area contributed by atoms with Gasteiger partial charge in [-0.15, -0.1) is 0 Å². The second-order valence-electron chi connectivity index (χ2n) is 5.43. The summed E-state index contributed by atoms with van der Waals surface area (Å²) in [5, 5.41) is 10.6. The van der Waals surface area contributed by atoms with Crippen LogP contribution in [0.25, 0.3) is 0 Å². The molecule has 0 radical (unpaired) electrons. The van der Waals surface area contributed by atoms with E-state index < -0.39 is 0 Å². The maximum Gasteiger partial charge on any atom is 0.0490 e. The summed E-state index contributed by atoms with van der Waals surface area (Å²) in [6, 6.07) is 2.63. The van der Waals surface area contributed by atoms with Crippen LogP contribution in [0.2, 0.25) is 0 Å². The van der Waals surface area contributed by atoms with Crippen molar-refractivity contribution >= 4 is 0 Å². The van der Waals surface area contributed by atoms with Crippen LogP contribution in [-0.4, -0.2) is 40.8 Å². The molecule has 1 atom stereocenters. The molecule has 4 nitrogen and oxygen atoms in total. The number of hydrogen-bond donors (Lipinski definition) is 2. The Balaban J connectivity index is 1.69. The minimum absolute atomic E-state index is 0.595. The number of aromatic amines is 1. The Bertz CT molecular complexity index is 315. The van der Waals surface area contributed by atoms with Gasteiger partial charge in [0.15, 0.2) is 0 Å². The molecule has 1 unspecified atom stereocenters. The number of nitrogens with one attached hydrogen (secondary N) is 2. The zero-order valence-electron chi connectivity index (χ0n) is 11.7. The molecule has 2 N–H and O–H groups in total. The lowest BCUT2D eigenvalue weighted by atomic mass is 9.90. The average Bonchev–Trinajstić information content (AvgIpc) is 2.90. The summed E-state index contributed by atoms with van der Waals surface area (Å²) in [5.41, 5.74) is 1.17. The summed E-state index contributed by atoms with van der Waals surface area (Å²) in [5.74, 6) is 0.820. The number of likely N-dealkylation sites (tertiary alicyclic amines) is 1. The Kier molecular flexibility index (Phi) is 5.20. The highest BCUT2D eigenvalue weighted by Crippen LogP contribution is 2.20. The molecule has 0 amide bonds. The summed E-state index contributed by atoms with van der Waals surface area (Å²) in [6.45, 7) is 9.29. The molecule has 102 valence electrons. The van der Waals surface area contributed by atoms with E-state index in [0.29, 0.717) is 6.04 Å². The van der Waals surface area contributed by atoms with Crippen molar-refractivity contribution in [2.45, 2.75) is 45.7 Å². The van der Waals surface area contributed by atoms with Gasteiger partial charge in [-0.25, -0.2) is 0 Å². The first kappa shape index (κ1) is 13.6. The molecule has 0 spiro atoms. The van der Waals surface area contributed by atoms with Crippen molar-refractivity contribution in [3.8, 4) is 0 Å². The zero-order valence-corrected chi connectivity index (χ0v) is 11.7. The molecule has 1 saturated heterocycles. The fourth-order valence-corrected chi connectivity index (χ4v) is 2.81. The summed E-state index contributed by atoms with van der Waals surface area (Å²) < 4.78 is 0. The monoisotopic (exact) mass is 250 g/mol. The van der Waals surface area contributed by atoms with E-state index in [-0.39, 0.29) is 0 Å². The Hall–Kier alpha value is -0.870. The lowest BCUT2D eigenvalue weighted by Gasteiger charge is -2.35. The molecular formula is C14H26N4. The first-order valence-electron chi connectivity index (χ1n) is 7.23. The van der Waals surface area contributed by atoms with Crippen molar-refractivity contribution in [1.29, 1.82) is 0 Å². The fourth-order valence-electron chi connectivity index (χ4n) is 2.81. The van der Waals surface area contributed by atoms with Gasteiger partial charge in [-0.05, 0) is 57.8 Å². The Morgan fingerprint density at radius 3 is 2.89 bits per heavy atom. The van der Waals surface area contributed by atoms with Crippen LogP contribution in [0.3, 0.4) is 0 Å². The van der Waals surface area contributed by atoms with Crippen LogP contribution in [-0.2, 0) is 6.54 Å². The molecule has 1 aliphatic heterocycles. The second-order valence-corrected chi connectivity index (χ2v) is 5.43. The standard InChI is InChI=1S/C14H26N4/c1-3-8-18-9-5-13(6-10-18)12(2)15-11-14-4-7-16-17-14/h4,7,12-13,15H,3,5-6,8-11H2,1-2H3,(H,16,17). The van der Waals surface area contributed by atoms with Crippen molar-refractivity contribution in [2.24, 2.45) is 5.92 Å². The van der Waals surface area contributed by atoms with Gasteiger partial charge in [0.25, 0.3) is 0 Å².